The summed E-state index contributed by atoms with van der Waals surface area (Å²) in [5.41, 5.74) is 0.635. The van der Waals surface area contributed by atoms with Crippen molar-refractivity contribution in [3.05, 3.63) is 23.2 Å². The number of aromatic amines is 1. The maximum atomic E-state index is 9.32. The lowest BCUT2D eigenvalue weighted by Crippen LogP contribution is -2.37. The molecule has 0 saturated heterocycles. The Morgan fingerprint density at radius 3 is 2.79 bits per heavy atom. The van der Waals surface area contributed by atoms with Crippen molar-refractivity contribution in [2.45, 2.75) is 78.0 Å². The van der Waals surface area contributed by atoms with Crippen molar-refractivity contribution >= 4 is 39.1 Å². The molecular weight excluding hydrogens is 448 g/mol. The Morgan fingerprint density at radius 2 is 2.09 bits per heavy atom. The largest absolute Gasteiger partial charge is 0.390 e. The van der Waals surface area contributed by atoms with E-state index in [2.05, 4.69) is 53.0 Å². The van der Waals surface area contributed by atoms with Gasteiger partial charge in [0.05, 0.1) is 23.8 Å². The molecule has 0 fully saturated rings. The van der Waals surface area contributed by atoms with Gasteiger partial charge in [0.25, 0.3) is 0 Å². The number of aliphatic hydroxyl groups is 1. The number of rotatable bonds is 15. The second kappa shape index (κ2) is 13.2. The van der Waals surface area contributed by atoms with Crippen molar-refractivity contribution in [2.24, 2.45) is 5.92 Å². The van der Waals surface area contributed by atoms with E-state index in [0.29, 0.717) is 48.2 Å². The number of nitriles is 1. The van der Waals surface area contributed by atoms with Gasteiger partial charge in [-0.15, -0.1) is 11.3 Å². The minimum Gasteiger partial charge on any atom is -0.390 e. The first-order valence-corrected chi connectivity index (χ1v) is 13.0. The number of hydrogen-bond acceptors (Lipinski definition) is 9. The molecule has 0 radical (unpaired) electrons. The molecule has 3 heterocycles. The summed E-state index contributed by atoms with van der Waals surface area (Å²) in [7, 11) is 0. The number of fused-ring (bicyclic) bond motifs is 1. The summed E-state index contributed by atoms with van der Waals surface area (Å²) < 4.78 is 0. The first-order valence-electron chi connectivity index (χ1n) is 12.1. The third-order valence-electron chi connectivity index (χ3n) is 5.97. The molecule has 0 aliphatic rings. The van der Waals surface area contributed by atoms with E-state index in [4.69, 9.17) is 15.2 Å². The summed E-state index contributed by atoms with van der Waals surface area (Å²) in [6, 6.07) is 6.53. The second-order valence-corrected chi connectivity index (χ2v) is 9.67. The molecule has 0 saturated carbocycles. The quantitative estimate of drug-likeness (QED) is 0.192. The summed E-state index contributed by atoms with van der Waals surface area (Å²) in [4.78, 5) is 10.5. The van der Waals surface area contributed by atoms with E-state index < -0.39 is 0 Å². The Hall–Kier alpha value is -2.74. The highest BCUT2D eigenvalue weighted by atomic mass is 32.1. The Balaban J connectivity index is 1.81. The van der Waals surface area contributed by atoms with Crippen LogP contribution in [0.2, 0.25) is 0 Å². The Labute approximate surface area is 205 Å². The highest BCUT2D eigenvalue weighted by Gasteiger charge is 2.20. The molecule has 34 heavy (non-hydrogen) atoms. The smallest absolute Gasteiger partial charge is 0.226 e. The van der Waals surface area contributed by atoms with Gasteiger partial charge in [0.15, 0.2) is 5.82 Å². The van der Waals surface area contributed by atoms with Gasteiger partial charge in [-0.3, -0.25) is 5.10 Å². The maximum absolute atomic E-state index is 9.32. The highest BCUT2D eigenvalue weighted by Crippen LogP contribution is 2.29. The van der Waals surface area contributed by atoms with E-state index in [-0.39, 0.29) is 12.6 Å². The average Bonchev–Trinajstić information content (AvgIpc) is 3.48. The van der Waals surface area contributed by atoms with Crippen molar-refractivity contribution in [1.82, 2.24) is 25.5 Å². The fourth-order valence-corrected chi connectivity index (χ4v) is 4.78. The first-order chi connectivity index (χ1) is 16.6. The van der Waals surface area contributed by atoms with Gasteiger partial charge in [-0.2, -0.15) is 15.3 Å². The second-order valence-electron chi connectivity index (χ2n) is 8.77. The fraction of sp³-hybridized carbons (Fsp3) is 0.583. The van der Waals surface area contributed by atoms with Crippen LogP contribution in [-0.4, -0.2) is 43.9 Å². The van der Waals surface area contributed by atoms with E-state index >= 15 is 0 Å². The zero-order valence-corrected chi connectivity index (χ0v) is 21.1. The molecular formula is C24H36N8OS. The Bertz CT molecular complexity index is 1060. The fourth-order valence-electron chi connectivity index (χ4n) is 4.02. The maximum Gasteiger partial charge on any atom is 0.226 e. The number of nitrogens with zero attached hydrogens (tertiary/aromatic N) is 4. The molecule has 3 rings (SSSR count). The van der Waals surface area contributed by atoms with Crippen LogP contribution in [0.4, 0.5) is 17.6 Å². The van der Waals surface area contributed by atoms with Crippen LogP contribution in [0.5, 0.6) is 0 Å². The van der Waals surface area contributed by atoms with Crippen molar-refractivity contribution in [3.63, 3.8) is 0 Å². The van der Waals surface area contributed by atoms with E-state index in [0.717, 1.165) is 42.3 Å². The van der Waals surface area contributed by atoms with E-state index in [1.807, 2.05) is 11.4 Å². The molecule has 0 spiro atoms. The van der Waals surface area contributed by atoms with Crippen molar-refractivity contribution in [3.8, 4) is 6.07 Å². The van der Waals surface area contributed by atoms with Crippen LogP contribution in [0.1, 0.15) is 65.0 Å². The molecule has 10 heteroatoms. The molecule has 3 unspecified atom stereocenters. The SMILES string of the molecule is CCCC(CC(CC(C)CC)Nc1nc(Nc2cc(CO)[nH]n2)c2ccsc2n1)NCCC#N. The summed E-state index contributed by atoms with van der Waals surface area (Å²) in [6.07, 6.45) is 5.74. The summed E-state index contributed by atoms with van der Waals surface area (Å²) in [5.74, 6) is 2.45. The van der Waals surface area contributed by atoms with Crippen LogP contribution in [0.15, 0.2) is 17.5 Å². The average molecular weight is 485 g/mol. The molecule has 9 nitrogen and oxygen atoms in total. The van der Waals surface area contributed by atoms with Gasteiger partial charge in [0.1, 0.15) is 10.6 Å². The molecule has 3 aromatic rings. The summed E-state index contributed by atoms with van der Waals surface area (Å²) >= 11 is 1.57. The van der Waals surface area contributed by atoms with Gasteiger partial charge in [-0.05, 0) is 36.6 Å². The van der Waals surface area contributed by atoms with Gasteiger partial charge < -0.3 is 21.1 Å². The normalized spacial score (nSPS) is 14.0. The topological polar surface area (TPSA) is 135 Å². The van der Waals surface area contributed by atoms with Gasteiger partial charge in [-0.25, -0.2) is 4.98 Å². The zero-order valence-electron chi connectivity index (χ0n) is 20.3. The van der Waals surface area contributed by atoms with Crippen LogP contribution >= 0.6 is 11.3 Å². The van der Waals surface area contributed by atoms with E-state index in [9.17, 15) is 5.11 Å². The number of anilines is 3. The molecule has 0 aromatic carbocycles. The third kappa shape index (κ3) is 7.38. The standard InChI is InChI=1S/C24H36N8OS/c1-4-7-17(26-10-6-9-25)13-18(12-16(3)5-2)27-24-29-22(20-8-11-34-23(20)30-24)28-21-14-19(15-33)31-32-21/h8,11,14,16-18,26,33H,4-7,10,12-13,15H2,1-3H3,(H3,27,28,29,30,31,32). The van der Waals surface area contributed by atoms with Crippen LogP contribution in [0, 0.1) is 17.2 Å². The zero-order chi connectivity index (χ0) is 24.3. The number of aliphatic hydroxyl groups excluding tert-OH is 1. The molecule has 3 atom stereocenters. The summed E-state index contributed by atoms with van der Waals surface area (Å²) in [5, 5.41) is 38.6. The monoisotopic (exact) mass is 484 g/mol. The third-order valence-corrected chi connectivity index (χ3v) is 6.77. The van der Waals surface area contributed by atoms with Gasteiger partial charge >= 0.3 is 0 Å². The van der Waals surface area contributed by atoms with E-state index in [1.165, 1.54) is 0 Å². The van der Waals surface area contributed by atoms with Crippen LogP contribution in [0.3, 0.4) is 0 Å². The minimum atomic E-state index is -0.0995. The van der Waals surface area contributed by atoms with Crippen molar-refractivity contribution in [1.29, 1.82) is 5.26 Å². The van der Waals surface area contributed by atoms with Gasteiger partial charge in [0.2, 0.25) is 5.95 Å². The number of nitrogens with one attached hydrogen (secondary N) is 4. The number of H-pyrrole nitrogens is 1. The summed E-state index contributed by atoms with van der Waals surface area (Å²) in [6.45, 7) is 7.30. The van der Waals surface area contributed by atoms with Crippen LogP contribution in [0.25, 0.3) is 10.2 Å². The molecule has 5 N–H and O–H groups in total. The molecule has 0 aliphatic carbocycles. The Kier molecular flexibility index (Phi) is 10.1. The predicted molar refractivity (Wildman–Crippen MR) is 138 cm³/mol. The van der Waals surface area contributed by atoms with Crippen LogP contribution < -0.4 is 16.0 Å². The highest BCUT2D eigenvalue weighted by molar-refractivity contribution is 7.16. The lowest BCUT2D eigenvalue weighted by molar-refractivity contribution is 0.276. The number of hydrogen-bond donors (Lipinski definition) is 5. The lowest BCUT2D eigenvalue weighted by Gasteiger charge is -2.27. The molecule has 0 aliphatic heterocycles. The minimum absolute atomic E-state index is 0.0995. The van der Waals surface area contributed by atoms with Gasteiger partial charge in [-0.1, -0.05) is 33.6 Å². The van der Waals surface area contributed by atoms with Crippen molar-refractivity contribution in [2.75, 3.05) is 17.2 Å². The lowest BCUT2D eigenvalue weighted by atomic mass is 9.93. The van der Waals surface area contributed by atoms with Crippen LogP contribution in [-0.2, 0) is 6.61 Å². The molecule has 3 aromatic heterocycles. The molecule has 0 amide bonds. The van der Waals surface area contributed by atoms with Gasteiger partial charge in [0, 0.05) is 31.1 Å². The first kappa shape index (κ1) is 25.9. The molecule has 0 bridgehead atoms. The number of aromatic nitrogens is 4. The Morgan fingerprint density at radius 1 is 1.24 bits per heavy atom. The van der Waals surface area contributed by atoms with Crippen molar-refractivity contribution < 1.29 is 5.11 Å². The molecule has 184 valence electrons. The number of thiophene rings is 1. The predicted octanol–water partition coefficient (Wildman–Crippen LogP) is 4.93. The van der Waals surface area contributed by atoms with E-state index in [1.54, 1.807) is 17.4 Å².